The van der Waals surface area contributed by atoms with Gasteiger partial charge in [-0.2, -0.15) is 0 Å². The molecule has 0 spiro atoms. The molecule has 3 rings (SSSR count). The van der Waals surface area contributed by atoms with Crippen molar-refractivity contribution < 1.29 is 5.11 Å². The Morgan fingerprint density at radius 2 is 1.52 bits per heavy atom. The van der Waals surface area contributed by atoms with Crippen LogP contribution in [0.1, 0.15) is 11.3 Å². The minimum absolute atomic E-state index is 0.254. The van der Waals surface area contributed by atoms with Crippen LogP contribution in [0.25, 0.3) is 11.4 Å². The number of nitrogens with zero attached hydrogens (tertiary/aromatic N) is 2. The number of hydrogen-bond donors (Lipinski definition) is 1. The van der Waals surface area contributed by atoms with Crippen LogP contribution in [0.5, 0.6) is 5.88 Å². The number of benzene rings is 2. The van der Waals surface area contributed by atoms with Gasteiger partial charge in [-0.25, -0.2) is 4.98 Å². The minimum Gasteiger partial charge on any atom is -0.493 e. The van der Waals surface area contributed by atoms with Crippen LogP contribution in [0.2, 0.25) is 0 Å². The second-order valence-corrected chi connectivity index (χ2v) is 5.12. The third-order valence-corrected chi connectivity index (χ3v) is 3.66. The molecule has 0 aliphatic carbocycles. The average Bonchev–Trinajstić information content (AvgIpc) is 2.83. The highest BCUT2D eigenvalue weighted by Crippen LogP contribution is 2.26. The summed E-state index contributed by atoms with van der Waals surface area (Å²) in [6.07, 6.45) is 1.61. The fraction of sp³-hybridized carbons (Fsp3) is 0.167. The van der Waals surface area contributed by atoms with Gasteiger partial charge in [0.2, 0.25) is 5.88 Å². The second kappa shape index (κ2) is 5.83. The summed E-state index contributed by atoms with van der Waals surface area (Å²) >= 11 is 0. The van der Waals surface area contributed by atoms with Crippen molar-refractivity contribution in [3.63, 3.8) is 0 Å². The fourth-order valence-electron chi connectivity index (χ4n) is 2.47. The number of aromatic hydroxyl groups is 1. The quantitative estimate of drug-likeness (QED) is 0.792. The summed E-state index contributed by atoms with van der Waals surface area (Å²) in [7, 11) is 1.84. The molecule has 106 valence electrons. The van der Waals surface area contributed by atoms with E-state index in [9.17, 15) is 5.11 Å². The Balaban J connectivity index is 1.84. The fourth-order valence-corrected chi connectivity index (χ4v) is 2.47. The standard InChI is InChI=1S/C18H18N2O/c1-20-17(15-10-6-3-7-11-15)19-16(18(20)21)13-12-14-8-4-2-5-9-14/h2-11,21H,12-13H2,1H3. The molecular weight excluding hydrogens is 260 g/mol. The lowest BCUT2D eigenvalue weighted by atomic mass is 10.1. The van der Waals surface area contributed by atoms with Gasteiger partial charge in [-0.3, -0.25) is 4.57 Å². The van der Waals surface area contributed by atoms with Crippen molar-refractivity contribution in [2.45, 2.75) is 12.8 Å². The van der Waals surface area contributed by atoms with Gasteiger partial charge in [-0.05, 0) is 18.4 Å². The van der Waals surface area contributed by atoms with Crippen LogP contribution in [0.15, 0.2) is 60.7 Å². The molecule has 3 aromatic rings. The summed E-state index contributed by atoms with van der Waals surface area (Å²) in [5.74, 6) is 1.06. The maximum Gasteiger partial charge on any atom is 0.214 e. The molecule has 2 aromatic carbocycles. The van der Waals surface area contributed by atoms with Crippen molar-refractivity contribution in [1.29, 1.82) is 0 Å². The molecule has 0 amide bonds. The van der Waals surface area contributed by atoms with E-state index in [2.05, 4.69) is 17.1 Å². The Morgan fingerprint density at radius 3 is 2.19 bits per heavy atom. The summed E-state index contributed by atoms with van der Waals surface area (Å²) in [5, 5.41) is 10.3. The lowest BCUT2D eigenvalue weighted by Crippen LogP contribution is -1.92. The Hall–Kier alpha value is -2.55. The molecule has 1 N–H and O–H groups in total. The lowest BCUT2D eigenvalue weighted by Gasteiger charge is -2.01. The average molecular weight is 278 g/mol. The summed E-state index contributed by atoms with van der Waals surface area (Å²) in [6, 6.07) is 20.2. The highest BCUT2D eigenvalue weighted by atomic mass is 16.3. The summed E-state index contributed by atoms with van der Waals surface area (Å²) in [6.45, 7) is 0. The topological polar surface area (TPSA) is 38.0 Å². The van der Waals surface area contributed by atoms with E-state index in [0.717, 1.165) is 29.9 Å². The molecule has 0 unspecified atom stereocenters. The first kappa shape index (κ1) is 13.4. The monoisotopic (exact) mass is 278 g/mol. The van der Waals surface area contributed by atoms with Gasteiger partial charge in [-0.15, -0.1) is 0 Å². The first-order chi connectivity index (χ1) is 10.3. The Labute approximate surface area is 124 Å². The van der Waals surface area contributed by atoms with Gasteiger partial charge < -0.3 is 5.11 Å². The molecule has 3 nitrogen and oxygen atoms in total. The van der Waals surface area contributed by atoms with E-state index < -0.39 is 0 Å². The Kier molecular flexibility index (Phi) is 3.73. The van der Waals surface area contributed by atoms with E-state index >= 15 is 0 Å². The van der Waals surface area contributed by atoms with Crippen molar-refractivity contribution in [3.05, 3.63) is 71.9 Å². The molecule has 0 saturated heterocycles. The molecule has 0 saturated carbocycles. The summed E-state index contributed by atoms with van der Waals surface area (Å²) in [5.41, 5.74) is 3.02. The molecule has 21 heavy (non-hydrogen) atoms. The maximum absolute atomic E-state index is 10.3. The normalized spacial score (nSPS) is 10.7. The number of rotatable bonds is 4. The summed E-state index contributed by atoms with van der Waals surface area (Å²) < 4.78 is 1.75. The van der Waals surface area contributed by atoms with Crippen LogP contribution >= 0.6 is 0 Å². The molecule has 0 atom stereocenters. The number of hydrogen-bond acceptors (Lipinski definition) is 2. The van der Waals surface area contributed by atoms with Gasteiger partial charge in [0, 0.05) is 12.6 Å². The van der Waals surface area contributed by atoms with Gasteiger partial charge in [0.25, 0.3) is 0 Å². The van der Waals surface area contributed by atoms with E-state index in [4.69, 9.17) is 0 Å². The van der Waals surface area contributed by atoms with Crippen molar-refractivity contribution >= 4 is 0 Å². The lowest BCUT2D eigenvalue weighted by molar-refractivity contribution is 0.426. The molecule has 1 aromatic heterocycles. The highest BCUT2D eigenvalue weighted by molar-refractivity contribution is 5.57. The van der Waals surface area contributed by atoms with Crippen LogP contribution in [0, 0.1) is 0 Å². The molecule has 1 heterocycles. The van der Waals surface area contributed by atoms with Gasteiger partial charge in [0.05, 0.1) is 0 Å². The smallest absolute Gasteiger partial charge is 0.214 e. The zero-order valence-corrected chi connectivity index (χ0v) is 12.0. The zero-order chi connectivity index (χ0) is 14.7. The highest BCUT2D eigenvalue weighted by Gasteiger charge is 2.14. The zero-order valence-electron chi connectivity index (χ0n) is 12.0. The summed E-state index contributed by atoms with van der Waals surface area (Å²) in [4.78, 5) is 4.61. The first-order valence-electron chi connectivity index (χ1n) is 7.09. The third-order valence-electron chi connectivity index (χ3n) is 3.66. The van der Waals surface area contributed by atoms with E-state index in [1.165, 1.54) is 5.56 Å². The molecule has 0 fully saturated rings. The van der Waals surface area contributed by atoms with Crippen molar-refractivity contribution in [1.82, 2.24) is 9.55 Å². The van der Waals surface area contributed by atoms with E-state index in [1.807, 2.05) is 55.6 Å². The molecule has 0 radical (unpaired) electrons. The number of imidazole rings is 1. The van der Waals surface area contributed by atoms with Gasteiger partial charge in [0.1, 0.15) is 11.5 Å². The van der Waals surface area contributed by atoms with Crippen LogP contribution in [0.4, 0.5) is 0 Å². The number of aryl methyl sites for hydroxylation is 2. The van der Waals surface area contributed by atoms with Crippen molar-refractivity contribution in [3.8, 4) is 17.3 Å². The maximum atomic E-state index is 10.3. The van der Waals surface area contributed by atoms with Gasteiger partial charge in [-0.1, -0.05) is 60.7 Å². The second-order valence-electron chi connectivity index (χ2n) is 5.12. The predicted molar refractivity (Wildman–Crippen MR) is 84.2 cm³/mol. The Bertz CT molecular complexity index is 718. The van der Waals surface area contributed by atoms with Crippen LogP contribution in [-0.2, 0) is 19.9 Å². The minimum atomic E-state index is 0.254. The molecule has 0 aliphatic rings. The van der Waals surface area contributed by atoms with Crippen LogP contribution < -0.4 is 0 Å². The van der Waals surface area contributed by atoms with Crippen molar-refractivity contribution in [2.24, 2.45) is 7.05 Å². The largest absolute Gasteiger partial charge is 0.493 e. The molecule has 0 bridgehead atoms. The predicted octanol–water partition coefficient (Wildman–Crippen LogP) is 3.58. The molecular formula is C18H18N2O. The van der Waals surface area contributed by atoms with Gasteiger partial charge in [0.15, 0.2) is 0 Å². The van der Waals surface area contributed by atoms with Gasteiger partial charge >= 0.3 is 0 Å². The molecule has 0 aliphatic heterocycles. The first-order valence-corrected chi connectivity index (χ1v) is 7.09. The third kappa shape index (κ3) is 2.82. The van der Waals surface area contributed by atoms with Crippen LogP contribution in [0.3, 0.4) is 0 Å². The van der Waals surface area contributed by atoms with Crippen molar-refractivity contribution in [2.75, 3.05) is 0 Å². The molecule has 3 heteroatoms. The van der Waals surface area contributed by atoms with E-state index in [1.54, 1.807) is 4.57 Å². The van der Waals surface area contributed by atoms with Crippen LogP contribution in [-0.4, -0.2) is 14.7 Å². The Morgan fingerprint density at radius 1 is 0.905 bits per heavy atom. The van der Waals surface area contributed by atoms with E-state index in [0.29, 0.717) is 0 Å². The number of aromatic nitrogens is 2. The SMILES string of the molecule is Cn1c(-c2ccccc2)nc(CCc2ccccc2)c1O. The van der Waals surface area contributed by atoms with E-state index in [-0.39, 0.29) is 5.88 Å².